The first-order valence-electron chi connectivity index (χ1n) is 9.16. The molecule has 0 aromatic heterocycles. The van der Waals surface area contributed by atoms with Crippen LogP contribution in [0.2, 0.25) is 0 Å². The summed E-state index contributed by atoms with van der Waals surface area (Å²) in [7, 11) is 1.63. The van der Waals surface area contributed by atoms with Crippen LogP contribution in [0.25, 0.3) is 0 Å². The summed E-state index contributed by atoms with van der Waals surface area (Å²) in [5.41, 5.74) is 1.58. The summed E-state index contributed by atoms with van der Waals surface area (Å²) in [5, 5.41) is 5.67. The lowest BCUT2D eigenvalue weighted by atomic mass is 10.1. The number of nitrogens with one attached hydrogen (secondary N) is 2. The molecule has 0 aliphatic heterocycles. The highest BCUT2D eigenvalue weighted by Gasteiger charge is 2.14. The minimum Gasteiger partial charge on any atom is -0.493 e. The van der Waals surface area contributed by atoms with Gasteiger partial charge in [-0.15, -0.1) is 0 Å². The van der Waals surface area contributed by atoms with E-state index in [1.165, 1.54) is 0 Å². The topological polar surface area (TPSA) is 76.7 Å². The summed E-state index contributed by atoms with van der Waals surface area (Å²) in [6, 6.07) is 12.1. The van der Waals surface area contributed by atoms with Crippen molar-refractivity contribution in [1.82, 2.24) is 5.32 Å². The monoisotopic (exact) mass is 448 g/mol. The summed E-state index contributed by atoms with van der Waals surface area (Å²) in [6.45, 7) is 3.70. The molecule has 2 amide bonds. The maximum Gasteiger partial charge on any atom is 0.259 e. The van der Waals surface area contributed by atoms with Gasteiger partial charge < -0.3 is 20.1 Å². The number of amides is 2. The van der Waals surface area contributed by atoms with Gasteiger partial charge in [0.2, 0.25) is 0 Å². The number of ether oxygens (including phenoxy) is 2. The standard InChI is InChI=1S/C21H25BrN2O4/c1-3-12-28-19-10-7-16(22)14-18(19)21(26)24-17-8-5-15(6-9-17)20(25)23-11-4-13-27-2/h5-10,14H,3-4,11-13H2,1-2H3,(H,23,25)(H,24,26). The molecule has 150 valence electrons. The van der Waals surface area contributed by atoms with E-state index in [4.69, 9.17) is 9.47 Å². The first kappa shape index (κ1) is 21.9. The van der Waals surface area contributed by atoms with Gasteiger partial charge in [0.25, 0.3) is 11.8 Å². The van der Waals surface area contributed by atoms with Crippen molar-refractivity contribution in [3.05, 3.63) is 58.1 Å². The number of carbonyl (C=O) groups excluding carboxylic acids is 2. The van der Waals surface area contributed by atoms with Crippen molar-refractivity contribution in [3.8, 4) is 5.75 Å². The molecule has 0 heterocycles. The Kier molecular flexibility index (Phi) is 8.97. The number of carbonyl (C=O) groups is 2. The third-order valence-corrected chi connectivity index (χ3v) is 4.36. The Morgan fingerprint density at radius 1 is 1.04 bits per heavy atom. The third-order valence-electron chi connectivity index (χ3n) is 3.86. The van der Waals surface area contributed by atoms with E-state index < -0.39 is 0 Å². The van der Waals surface area contributed by atoms with Crippen LogP contribution in [0.5, 0.6) is 5.75 Å². The van der Waals surface area contributed by atoms with Crippen LogP contribution in [-0.4, -0.2) is 38.7 Å². The average molecular weight is 449 g/mol. The van der Waals surface area contributed by atoms with Crippen LogP contribution in [0.4, 0.5) is 5.69 Å². The summed E-state index contributed by atoms with van der Waals surface area (Å²) < 4.78 is 11.4. The zero-order chi connectivity index (χ0) is 20.4. The molecule has 0 radical (unpaired) electrons. The Hall–Kier alpha value is -2.38. The van der Waals surface area contributed by atoms with Gasteiger partial charge in [-0.2, -0.15) is 0 Å². The molecular weight excluding hydrogens is 424 g/mol. The molecule has 2 aromatic rings. The number of hydrogen-bond donors (Lipinski definition) is 2. The smallest absolute Gasteiger partial charge is 0.259 e. The first-order chi connectivity index (χ1) is 13.5. The van der Waals surface area contributed by atoms with Gasteiger partial charge in [0, 0.05) is 36.0 Å². The Morgan fingerprint density at radius 2 is 1.79 bits per heavy atom. The molecule has 0 aliphatic carbocycles. The SMILES string of the molecule is CCCOc1ccc(Br)cc1C(=O)Nc1ccc(C(=O)NCCCOC)cc1. The molecule has 2 aromatic carbocycles. The van der Waals surface area contributed by atoms with Crippen molar-refractivity contribution in [3.63, 3.8) is 0 Å². The fourth-order valence-electron chi connectivity index (χ4n) is 2.44. The van der Waals surface area contributed by atoms with Crippen molar-refractivity contribution in [2.24, 2.45) is 0 Å². The predicted molar refractivity (Wildman–Crippen MR) is 113 cm³/mol. The maximum atomic E-state index is 12.7. The van der Waals surface area contributed by atoms with Crippen molar-refractivity contribution >= 4 is 33.4 Å². The zero-order valence-corrected chi connectivity index (χ0v) is 17.7. The van der Waals surface area contributed by atoms with E-state index in [0.29, 0.717) is 42.3 Å². The summed E-state index contributed by atoms with van der Waals surface area (Å²) in [5.74, 6) is 0.106. The van der Waals surface area contributed by atoms with Gasteiger partial charge in [-0.3, -0.25) is 9.59 Å². The van der Waals surface area contributed by atoms with Gasteiger partial charge in [0.05, 0.1) is 12.2 Å². The predicted octanol–water partition coefficient (Wildman–Crippen LogP) is 4.26. The number of methoxy groups -OCH3 is 1. The number of hydrogen-bond acceptors (Lipinski definition) is 4. The lowest BCUT2D eigenvalue weighted by Gasteiger charge is -2.12. The normalized spacial score (nSPS) is 10.4. The van der Waals surface area contributed by atoms with Gasteiger partial charge in [-0.05, 0) is 55.3 Å². The van der Waals surface area contributed by atoms with Crippen LogP contribution in [0.15, 0.2) is 46.9 Å². The highest BCUT2D eigenvalue weighted by atomic mass is 79.9. The van der Waals surface area contributed by atoms with E-state index in [9.17, 15) is 9.59 Å². The van der Waals surface area contributed by atoms with E-state index in [0.717, 1.165) is 17.3 Å². The van der Waals surface area contributed by atoms with Gasteiger partial charge in [0.1, 0.15) is 5.75 Å². The molecule has 28 heavy (non-hydrogen) atoms. The second-order valence-electron chi connectivity index (χ2n) is 6.12. The molecule has 0 unspecified atom stereocenters. The van der Waals surface area contributed by atoms with Crippen LogP contribution in [0.3, 0.4) is 0 Å². The highest BCUT2D eigenvalue weighted by Crippen LogP contribution is 2.24. The summed E-state index contributed by atoms with van der Waals surface area (Å²) >= 11 is 3.39. The fourth-order valence-corrected chi connectivity index (χ4v) is 2.80. The summed E-state index contributed by atoms with van der Waals surface area (Å²) in [4.78, 5) is 24.8. The molecule has 6 nitrogen and oxygen atoms in total. The molecule has 0 aliphatic rings. The van der Waals surface area contributed by atoms with Crippen LogP contribution in [-0.2, 0) is 4.74 Å². The lowest BCUT2D eigenvalue weighted by molar-refractivity contribution is 0.0948. The molecule has 0 saturated heterocycles. The second-order valence-corrected chi connectivity index (χ2v) is 7.04. The van der Waals surface area contributed by atoms with Crippen LogP contribution in [0.1, 0.15) is 40.5 Å². The van der Waals surface area contributed by atoms with Crippen LogP contribution >= 0.6 is 15.9 Å². The second kappa shape index (κ2) is 11.5. The third kappa shape index (κ3) is 6.65. The number of rotatable bonds is 10. The molecule has 0 bridgehead atoms. The minimum absolute atomic E-state index is 0.156. The van der Waals surface area contributed by atoms with Gasteiger partial charge in [-0.25, -0.2) is 0 Å². The van der Waals surface area contributed by atoms with Crippen molar-refractivity contribution < 1.29 is 19.1 Å². The van der Waals surface area contributed by atoms with E-state index in [1.807, 2.05) is 13.0 Å². The zero-order valence-electron chi connectivity index (χ0n) is 16.1. The number of anilines is 1. The average Bonchev–Trinajstić information content (AvgIpc) is 2.70. The van der Waals surface area contributed by atoms with Crippen LogP contribution < -0.4 is 15.4 Å². The highest BCUT2D eigenvalue weighted by molar-refractivity contribution is 9.10. The molecule has 0 atom stereocenters. The Labute approximate surface area is 173 Å². The lowest BCUT2D eigenvalue weighted by Crippen LogP contribution is -2.25. The molecule has 2 N–H and O–H groups in total. The molecule has 7 heteroatoms. The van der Waals surface area contributed by atoms with Crippen LogP contribution in [0, 0.1) is 0 Å². The number of benzene rings is 2. The first-order valence-corrected chi connectivity index (χ1v) is 9.95. The maximum absolute atomic E-state index is 12.7. The number of halogens is 1. The fraction of sp³-hybridized carbons (Fsp3) is 0.333. The van der Waals surface area contributed by atoms with Crippen molar-refractivity contribution in [2.75, 3.05) is 32.2 Å². The van der Waals surface area contributed by atoms with E-state index in [-0.39, 0.29) is 11.8 Å². The molecule has 0 fully saturated rings. The van der Waals surface area contributed by atoms with E-state index >= 15 is 0 Å². The van der Waals surface area contributed by atoms with Gasteiger partial charge >= 0.3 is 0 Å². The Bertz CT molecular complexity index is 793. The van der Waals surface area contributed by atoms with Gasteiger partial charge in [0.15, 0.2) is 0 Å². The molecule has 2 rings (SSSR count). The largest absolute Gasteiger partial charge is 0.493 e. The molecule has 0 saturated carbocycles. The molecular formula is C21H25BrN2O4. The van der Waals surface area contributed by atoms with Crippen molar-refractivity contribution in [2.45, 2.75) is 19.8 Å². The Balaban J connectivity index is 2.01. The van der Waals surface area contributed by atoms with Gasteiger partial charge in [-0.1, -0.05) is 22.9 Å². The molecule has 0 spiro atoms. The van der Waals surface area contributed by atoms with E-state index in [1.54, 1.807) is 43.5 Å². The summed E-state index contributed by atoms with van der Waals surface area (Å²) in [6.07, 6.45) is 1.61. The quantitative estimate of drug-likeness (QED) is 0.532. The Morgan fingerprint density at radius 3 is 2.46 bits per heavy atom. The van der Waals surface area contributed by atoms with Crippen molar-refractivity contribution in [1.29, 1.82) is 0 Å². The minimum atomic E-state index is -0.274. The van der Waals surface area contributed by atoms with E-state index in [2.05, 4.69) is 26.6 Å².